The first-order valence-corrected chi connectivity index (χ1v) is 6.60. The van der Waals surface area contributed by atoms with Crippen molar-refractivity contribution in [3.8, 4) is 0 Å². The second-order valence-electron chi connectivity index (χ2n) is 5.66. The van der Waals surface area contributed by atoms with Gasteiger partial charge in [-0.1, -0.05) is 13.8 Å². The second kappa shape index (κ2) is 7.31. The lowest BCUT2D eigenvalue weighted by Crippen LogP contribution is -2.50. The summed E-state index contributed by atoms with van der Waals surface area (Å²) in [4.78, 5) is 0. The highest BCUT2D eigenvalue weighted by Gasteiger charge is 2.32. The van der Waals surface area contributed by atoms with Crippen LogP contribution in [0.3, 0.4) is 0 Å². The Balaban J connectivity index is 2.02. The molecule has 17 heavy (non-hydrogen) atoms. The summed E-state index contributed by atoms with van der Waals surface area (Å²) in [6.07, 6.45) is 2.43. The first-order chi connectivity index (χ1) is 8.06. The molecule has 4 heteroatoms. The molecule has 0 saturated heterocycles. The van der Waals surface area contributed by atoms with Crippen LogP contribution in [0.2, 0.25) is 0 Å². The molecule has 0 aliphatic heterocycles. The van der Waals surface area contributed by atoms with Gasteiger partial charge in [0.25, 0.3) is 0 Å². The Morgan fingerprint density at radius 3 is 2.47 bits per heavy atom. The maximum absolute atomic E-state index is 9.36. The van der Waals surface area contributed by atoms with Crippen LogP contribution in [0.25, 0.3) is 0 Å². The van der Waals surface area contributed by atoms with Gasteiger partial charge in [0, 0.05) is 12.6 Å². The quantitative estimate of drug-likeness (QED) is 0.567. The van der Waals surface area contributed by atoms with Gasteiger partial charge in [-0.3, -0.25) is 0 Å². The minimum atomic E-state index is -0.306. The summed E-state index contributed by atoms with van der Waals surface area (Å²) < 4.78 is 11.0. The SMILES string of the molecule is CC(C)COCCOCC(C)(CO)NC1CC1. The standard InChI is InChI=1S/C13H27NO3/c1-11(2)8-16-6-7-17-10-13(3,9-15)14-12-4-5-12/h11-12,14-15H,4-10H2,1-3H3. The molecular formula is C13H27NO3. The van der Waals surface area contributed by atoms with E-state index in [1.54, 1.807) is 0 Å². The Bertz CT molecular complexity index is 207. The normalized spacial score (nSPS) is 19.6. The molecule has 0 bridgehead atoms. The van der Waals surface area contributed by atoms with Crippen molar-refractivity contribution < 1.29 is 14.6 Å². The molecule has 1 aliphatic carbocycles. The van der Waals surface area contributed by atoms with Crippen LogP contribution in [0, 0.1) is 5.92 Å². The van der Waals surface area contributed by atoms with E-state index in [1.807, 2.05) is 6.92 Å². The number of rotatable bonds is 10. The van der Waals surface area contributed by atoms with Crippen LogP contribution in [0.4, 0.5) is 0 Å². The van der Waals surface area contributed by atoms with Crippen LogP contribution in [-0.2, 0) is 9.47 Å². The molecule has 1 unspecified atom stereocenters. The van der Waals surface area contributed by atoms with E-state index in [0.29, 0.717) is 31.8 Å². The zero-order valence-electron chi connectivity index (χ0n) is 11.4. The molecule has 0 aromatic rings. The monoisotopic (exact) mass is 245 g/mol. The molecule has 1 saturated carbocycles. The van der Waals surface area contributed by atoms with Gasteiger partial charge in [0.15, 0.2) is 0 Å². The van der Waals surface area contributed by atoms with Gasteiger partial charge < -0.3 is 19.9 Å². The fourth-order valence-corrected chi connectivity index (χ4v) is 1.59. The van der Waals surface area contributed by atoms with Crippen molar-refractivity contribution in [2.75, 3.05) is 33.0 Å². The summed E-state index contributed by atoms with van der Waals surface area (Å²) in [5.41, 5.74) is -0.306. The van der Waals surface area contributed by atoms with Gasteiger partial charge >= 0.3 is 0 Å². The average molecular weight is 245 g/mol. The lowest BCUT2D eigenvalue weighted by Gasteiger charge is -2.28. The predicted molar refractivity (Wildman–Crippen MR) is 68.1 cm³/mol. The van der Waals surface area contributed by atoms with Gasteiger partial charge in [-0.2, -0.15) is 0 Å². The minimum Gasteiger partial charge on any atom is -0.394 e. The van der Waals surface area contributed by atoms with Crippen molar-refractivity contribution in [2.24, 2.45) is 5.92 Å². The van der Waals surface area contributed by atoms with Gasteiger partial charge in [0.1, 0.15) is 0 Å². The summed E-state index contributed by atoms with van der Waals surface area (Å²) in [6.45, 7) is 8.90. The molecule has 2 N–H and O–H groups in total. The summed E-state index contributed by atoms with van der Waals surface area (Å²) in [5.74, 6) is 0.564. The Labute approximate surface area is 105 Å². The van der Waals surface area contributed by atoms with E-state index in [4.69, 9.17) is 9.47 Å². The van der Waals surface area contributed by atoms with Crippen LogP contribution in [0.15, 0.2) is 0 Å². The first kappa shape index (κ1) is 14.9. The van der Waals surface area contributed by atoms with Crippen molar-refractivity contribution in [1.82, 2.24) is 5.32 Å². The van der Waals surface area contributed by atoms with Crippen LogP contribution >= 0.6 is 0 Å². The van der Waals surface area contributed by atoms with E-state index in [-0.39, 0.29) is 12.1 Å². The van der Waals surface area contributed by atoms with Crippen LogP contribution in [0.1, 0.15) is 33.6 Å². The van der Waals surface area contributed by atoms with Crippen molar-refractivity contribution in [3.63, 3.8) is 0 Å². The summed E-state index contributed by atoms with van der Waals surface area (Å²) in [6, 6.07) is 0.577. The Hall–Kier alpha value is -0.160. The van der Waals surface area contributed by atoms with Crippen LogP contribution < -0.4 is 5.32 Å². The van der Waals surface area contributed by atoms with Gasteiger partial charge in [0.05, 0.1) is 32.0 Å². The van der Waals surface area contributed by atoms with E-state index in [1.165, 1.54) is 12.8 Å². The molecule has 1 fully saturated rings. The maximum atomic E-state index is 9.36. The van der Waals surface area contributed by atoms with E-state index in [9.17, 15) is 5.11 Å². The summed E-state index contributed by atoms with van der Waals surface area (Å²) in [7, 11) is 0. The molecule has 0 amide bonds. The van der Waals surface area contributed by atoms with E-state index in [0.717, 1.165) is 6.61 Å². The van der Waals surface area contributed by atoms with Crippen molar-refractivity contribution in [2.45, 2.75) is 45.2 Å². The number of nitrogens with one attached hydrogen (secondary N) is 1. The van der Waals surface area contributed by atoms with Gasteiger partial charge in [-0.25, -0.2) is 0 Å². The topological polar surface area (TPSA) is 50.7 Å². The fourth-order valence-electron chi connectivity index (χ4n) is 1.59. The highest BCUT2D eigenvalue weighted by molar-refractivity contribution is 4.92. The van der Waals surface area contributed by atoms with Crippen molar-refractivity contribution in [1.29, 1.82) is 0 Å². The lowest BCUT2D eigenvalue weighted by atomic mass is 10.1. The summed E-state index contributed by atoms with van der Waals surface area (Å²) in [5, 5.41) is 12.8. The third-order valence-electron chi connectivity index (χ3n) is 2.72. The largest absolute Gasteiger partial charge is 0.394 e. The molecule has 0 aromatic carbocycles. The molecule has 4 nitrogen and oxygen atoms in total. The molecule has 1 rings (SSSR count). The molecular weight excluding hydrogens is 218 g/mol. The Morgan fingerprint density at radius 2 is 1.94 bits per heavy atom. The molecule has 0 radical (unpaired) electrons. The molecule has 0 aromatic heterocycles. The number of hydrogen-bond donors (Lipinski definition) is 2. The third-order valence-corrected chi connectivity index (χ3v) is 2.72. The van der Waals surface area contributed by atoms with Crippen LogP contribution in [0.5, 0.6) is 0 Å². The maximum Gasteiger partial charge on any atom is 0.0701 e. The average Bonchev–Trinajstić information content (AvgIpc) is 3.06. The molecule has 0 spiro atoms. The molecule has 1 atom stereocenters. The smallest absolute Gasteiger partial charge is 0.0701 e. The van der Waals surface area contributed by atoms with Crippen molar-refractivity contribution in [3.05, 3.63) is 0 Å². The molecule has 1 aliphatic rings. The molecule has 102 valence electrons. The van der Waals surface area contributed by atoms with Crippen LogP contribution in [-0.4, -0.2) is 49.7 Å². The number of aliphatic hydroxyl groups excluding tert-OH is 1. The first-order valence-electron chi connectivity index (χ1n) is 6.60. The zero-order chi connectivity index (χ0) is 12.7. The second-order valence-corrected chi connectivity index (χ2v) is 5.66. The predicted octanol–water partition coefficient (Wildman–Crippen LogP) is 1.18. The number of ether oxygens (including phenoxy) is 2. The van der Waals surface area contributed by atoms with E-state index in [2.05, 4.69) is 19.2 Å². The Morgan fingerprint density at radius 1 is 1.29 bits per heavy atom. The third kappa shape index (κ3) is 6.99. The highest BCUT2D eigenvalue weighted by Crippen LogP contribution is 2.22. The zero-order valence-corrected chi connectivity index (χ0v) is 11.4. The van der Waals surface area contributed by atoms with E-state index >= 15 is 0 Å². The molecule has 0 heterocycles. The minimum absolute atomic E-state index is 0.107. The van der Waals surface area contributed by atoms with Crippen molar-refractivity contribution >= 4 is 0 Å². The van der Waals surface area contributed by atoms with E-state index < -0.39 is 0 Å². The summed E-state index contributed by atoms with van der Waals surface area (Å²) >= 11 is 0. The van der Waals surface area contributed by atoms with Gasteiger partial charge in [-0.15, -0.1) is 0 Å². The number of hydrogen-bond acceptors (Lipinski definition) is 4. The van der Waals surface area contributed by atoms with Gasteiger partial charge in [-0.05, 0) is 25.7 Å². The fraction of sp³-hybridized carbons (Fsp3) is 1.00. The lowest BCUT2D eigenvalue weighted by molar-refractivity contribution is 0.00318. The van der Waals surface area contributed by atoms with Gasteiger partial charge in [0.2, 0.25) is 0 Å². The highest BCUT2D eigenvalue weighted by atomic mass is 16.5. The number of aliphatic hydroxyl groups is 1. The Kier molecular flexibility index (Phi) is 6.41.